The van der Waals surface area contributed by atoms with E-state index in [4.69, 9.17) is 14.7 Å². The summed E-state index contributed by atoms with van der Waals surface area (Å²) in [5.74, 6) is 0.542. The predicted octanol–water partition coefficient (Wildman–Crippen LogP) is 4.04. The Morgan fingerprint density at radius 1 is 1.04 bits per heavy atom. The number of hydrogen-bond donors (Lipinski definition) is 0. The normalized spacial score (nSPS) is 10.7. The van der Waals surface area contributed by atoms with Crippen molar-refractivity contribution in [3.05, 3.63) is 53.6 Å². The van der Waals surface area contributed by atoms with Crippen LogP contribution in [-0.2, 0) is 6.61 Å². The molecule has 0 bridgehead atoms. The standard InChI is InChI=1S/C16H12F3NO3/c1-21-15-8-12(9-20)4-7-14(15)22-10-11-2-5-13(6-3-11)23-16(17,18)19/h2-8H,10H2,1H3. The van der Waals surface area contributed by atoms with E-state index in [1.807, 2.05) is 6.07 Å². The zero-order valence-corrected chi connectivity index (χ0v) is 12.1. The first-order valence-corrected chi connectivity index (χ1v) is 6.47. The van der Waals surface area contributed by atoms with Crippen LogP contribution in [0.3, 0.4) is 0 Å². The molecule has 2 aromatic rings. The number of halogens is 3. The molecule has 120 valence electrons. The van der Waals surface area contributed by atoms with Crippen molar-refractivity contribution in [2.75, 3.05) is 7.11 Å². The van der Waals surface area contributed by atoms with Crippen molar-refractivity contribution in [1.29, 1.82) is 5.26 Å². The fourth-order valence-electron chi connectivity index (χ4n) is 1.80. The molecule has 0 heterocycles. The van der Waals surface area contributed by atoms with Gasteiger partial charge in [-0.05, 0) is 29.8 Å². The average molecular weight is 323 g/mol. The zero-order valence-electron chi connectivity index (χ0n) is 12.1. The second kappa shape index (κ2) is 6.92. The summed E-state index contributed by atoms with van der Waals surface area (Å²) in [7, 11) is 1.45. The van der Waals surface area contributed by atoms with E-state index in [0.717, 1.165) is 0 Å². The van der Waals surface area contributed by atoms with E-state index in [1.165, 1.54) is 37.4 Å². The van der Waals surface area contributed by atoms with Gasteiger partial charge in [0, 0.05) is 6.07 Å². The van der Waals surface area contributed by atoms with Crippen LogP contribution in [0.4, 0.5) is 13.2 Å². The maximum absolute atomic E-state index is 12.1. The number of benzene rings is 2. The molecular weight excluding hydrogens is 311 g/mol. The van der Waals surface area contributed by atoms with Crippen LogP contribution >= 0.6 is 0 Å². The topological polar surface area (TPSA) is 51.5 Å². The summed E-state index contributed by atoms with van der Waals surface area (Å²) in [6, 6.07) is 12.1. The zero-order chi connectivity index (χ0) is 16.9. The number of hydrogen-bond acceptors (Lipinski definition) is 4. The number of alkyl halides is 3. The number of rotatable bonds is 5. The van der Waals surface area contributed by atoms with E-state index in [2.05, 4.69) is 4.74 Å². The first-order chi connectivity index (χ1) is 10.9. The molecule has 0 unspecified atom stereocenters. The van der Waals surface area contributed by atoms with Gasteiger partial charge in [0.05, 0.1) is 18.7 Å². The highest BCUT2D eigenvalue weighted by Gasteiger charge is 2.30. The minimum absolute atomic E-state index is 0.133. The summed E-state index contributed by atoms with van der Waals surface area (Å²) < 4.78 is 50.7. The van der Waals surface area contributed by atoms with Gasteiger partial charge in [-0.3, -0.25) is 0 Å². The summed E-state index contributed by atoms with van der Waals surface area (Å²) in [6.07, 6.45) is -4.71. The quantitative estimate of drug-likeness (QED) is 0.833. The van der Waals surface area contributed by atoms with E-state index in [9.17, 15) is 13.2 Å². The molecule has 0 saturated carbocycles. The highest BCUT2D eigenvalue weighted by atomic mass is 19.4. The van der Waals surface area contributed by atoms with Crippen LogP contribution in [0, 0.1) is 11.3 Å². The van der Waals surface area contributed by atoms with E-state index < -0.39 is 6.36 Å². The molecule has 0 aromatic heterocycles. The third kappa shape index (κ3) is 4.81. The minimum Gasteiger partial charge on any atom is -0.493 e. The lowest BCUT2D eigenvalue weighted by molar-refractivity contribution is -0.274. The molecule has 0 spiro atoms. The lowest BCUT2D eigenvalue weighted by Gasteiger charge is -2.12. The van der Waals surface area contributed by atoms with Crippen LogP contribution in [-0.4, -0.2) is 13.5 Å². The molecule has 0 aliphatic carbocycles. The van der Waals surface area contributed by atoms with Gasteiger partial charge in [-0.25, -0.2) is 0 Å². The summed E-state index contributed by atoms with van der Waals surface area (Å²) >= 11 is 0. The number of methoxy groups -OCH3 is 1. The molecule has 0 N–H and O–H groups in total. The Labute approximate surface area is 130 Å². The Morgan fingerprint density at radius 2 is 1.74 bits per heavy atom. The minimum atomic E-state index is -4.71. The Balaban J connectivity index is 2.02. The third-order valence-electron chi connectivity index (χ3n) is 2.84. The van der Waals surface area contributed by atoms with Crippen LogP contribution < -0.4 is 14.2 Å². The average Bonchev–Trinajstić information content (AvgIpc) is 2.52. The number of ether oxygens (including phenoxy) is 3. The van der Waals surface area contributed by atoms with Crippen molar-refractivity contribution in [1.82, 2.24) is 0 Å². The van der Waals surface area contributed by atoms with Crippen molar-refractivity contribution >= 4 is 0 Å². The van der Waals surface area contributed by atoms with E-state index in [-0.39, 0.29) is 12.4 Å². The van der Waals surface area contributed by atoms with Crippen LogP contribution in [0.15, 0.2) is 42.5 Å². The molecule has 4 nitrogen and oxygen atoms in total. The van der Waals surface area contributed by atoms with Gasteiger partial charge in [-0.1, -0.05) is 12.1 Å². The van der Waals surface area contributed by atoms with Crippen molar-refractivity contribution in [3.8, 4) is 23.3 Å². The van der Waals surface area contributed by atoms with Crippen LogP contribution in [0.25, 0.3) is 0 Å². The fourth-order valence-corrected chi connectivity index (χ4v) is 1.80. The predicted molar refractivity (Wildman–Crippen MR) is 75.2 cm³/mol. The smallest absolute Gasteiger partial charge is 0.493 e. The second-order valence-electron chi connectivity index (χ2n) is 4.46. The van der Waals surface area contributed by atoms with Crippen molar-refractivity contribution < 1.29 is 27.4 Å². The summed E-state index contributed by atoms with van der Waals surface area (Å²) in [6.45, 7) is 0.133. The van der Waals surface area contributed by atoms with E-state index >= 15 is 0 Å². The van der Waals surface area contributed by atoms with Gasteiger partial charge < -0.3 is 14.2 Å². The molecule has 0 aliphatic heterocycles. The first-order valence-electron chi connectivity index (χ1n) is 6.47. The highest BCUT2D eigenvalue weighted by molar-refractivity contribution is 5.46. The second-order valence-corrected chi connectivity index (χ2v) is 4.46. The Morgan fingerprint density at radius 3 is 2.30 bits per heavy atom. The van der Waals surface area contributed by atoms with Crippen LogP contribution in [0.5, 0.6) is 17.2 Å². The van der Waals surface area contributed by atoms with Gasteiger partial charge in [-0.15, -0.1) is 13.2 Å². The van der Waals surface area contributed by atoms with E-state index in [0.29, 0.717) is 22.6 Å². The molecule has 0 aliphatic rings. The van der Waals surface area contributed by atoms with Gasteiger partial charge in [0.1, 0.15) is 12.4 Å². The molecule has 0 radical (unpaired) electrons. The Kier molecular flexibility index (Phi) is 4.96. The summed E-state index contributed by atoms with van der Waals surface area (Å²) in [4.78, 5) is 0. The van der Waals surface area contributed by atoms with Crippen molar-refractivity contribution in [3.63, 3.8) is 0 Å². The molecule has 2 rings (SSSR count). The Bertz CT molecular complexity index is 706. The SMILES string of the molecule is COc1cc(C#N)ccc1OCc1ccc(OC(F)(F)F)cc1. The molecule has 23 heavy (non-hydrogen) atoms. The highest BCUT2D eigenvalue weighted by Crippen LogP contribution is 2.29. The maximum Gasteiger partial charge on any atom is 0.573 e. The van der Waals surface area contributed by atoms with Gasteiger partial charge in [0.25, 0.3) is 0 Å². The number of nitrogens with zero attached hydrogens (tertiary/aromatic N) is 1. The fraction of sp³-hybridized carbons (Fsp3) is 0.188. The molecule has 0 atom stereocenters. The largest absolute Gasteiger partial charge is 0.573 e. The Hall–Kier alpha value is -2.88. The molecule has 0 amide bonds. The molecule has 0 fully saturated rings. The molecular formula is C16H12F3NO3. The number of nitriles is 1. The summed E-state index contributed by atoms with van der Waals surface area (Å²) in [5, 5.41) is 8.82. The summed E-state index contributed by atoms with van der Waals surface area (Å²) in [5.41, 5.74) is 1.09. The third-order valence-corrected chi connectivity index (χ3v) is 2.84. The van der Waals surface area contributed by atoms with Gasteiger partial charge in [0.15, 0.2) is 11.5 Å². The van der Waals surface area contributed by atoms with E-state index in [1.54, 1.807) is 12.1 Å². The molecule has 0 saturated heterocycles. The van der Waals surface area contributed by atoms with Gasteiger partial charge >= 0.3 is 6.36 Å². The van der Waals surface area contributed by atoms with Gasteiger partial charge in [-0.2, -0.15) is 5.26 Å². The van der Waals surface area contributed by atoms with Crippen LogP contribution in [0.2, 0.25) is 0 Å². The lowest BCUT2D eigenvalue weighted by atomic mass is 10.2. The monoisotopic (exact) mass is 323 g/mol. The lowest BCUT2D eigenvalue weighted by Crippen LogP contribution is -2.17. The van der Waals surface area contributed by atoms with Crippen molar-refractivity contribution in [2.45, 2.75) is 13.0 Å². The molecule has 2 aromatic carbocycles. The van der Waals surface area contributed by atoms with Crippen molar-refractivity contribution in [2.24, 2.45) is 0 Å². The first kappa shape index (κ1) is 16.5. The van der Waals surface area contributed by atoms with Gasteiger partial charge in [0.2, 0.25) is 0 Å². The van der Waals surface area contributed by atoms with Crippen LogP contribution in [0.1, 0.15) is 11.1 Å². The molecule has 7 heteroatoms. The maximum atomic E-state index is 12.1.